The van der Waals surface area contributed by atoms with E-state index in [1.165, 1.54) is 0 Å². The third-order valence-electron chi connectivity index (χ3n) is 2.15. The van der Waals surface area contributed by atoms with Crippen molar-refractivity contribution in [3.05, 3.63) is 0 Å². The molecule has 66 valence electrons. The Kier molecular flexibility index (Phi) is 4.92. The van der Waals surface area contributed by atoms with E-state index in [2.05, 4.69) is 33.0 Å². The van der Waals surface area contributed by atoms with E-state index in [-0.39, 0.29) is 0 Å². The number of hydrogen-bond donors (Lipinski definition) is 1. The molecular weight excluding hydrogens is 138 g/mol. The Balaban J connectivity index is 3.79. The smallest absolute Gasteiger partial charge is 0.207 e. The Hall–Kier alpha value is -0.530. The number of carbonyl (C=O) groups is 1. The second-order valence-electron chi connectivity index (χ2n) is 3.68. The molecule has 0 radical (unpaired) electrons. The highest BCUT2D eigenvalue weighted by Crippen LogP contribution is 2.18. The van der Waals surface area contributed by atoms with Crippen molar-refractivity contribution in [1.29, 1.82) is 0 Å². The van der Waals surface area contributed by atoms with E-state index in [0.29, 0.717) is 17.8 Å². The molecule has 0 aromatic heterocycles. The van der Waals surface area contributed by atoms with Crippen LogP contribution in [-0.2, 0) is 4.79 Å². The van der Waals surface area contributed by atoms with Crippen LogP contribution in [0.2, 0.25) is 0 Å². The highest BCUT2D eigenvalue weighted by Gasteiger charge is 2.16. The predicted molar refractivity (Wildman–Crippen MR) is 47.2 cm³/mol. The van der Waals surface area contributed by atoms with E-state index in [4.69, 9.17) is 0 Å². The fraction of sp³-hybridized carbons (Fsp3) is 0.889. The van der Waals surface area contributed by atoms with Gasteiger partial charge in [0.05, 0.1) is 0 Å². The molecule has 1 N–H and O–H groups in total. The van der Waals surface area contributed by atoms with E-state index in [9.17, 15) is 4.79 Å². The van der Waals surface area contributed by atoms with Crippen molar-refractivity contribution in [3.8, 4) is 0 Å². The summed E-state index contributed by atoms with van der Waals surface area (Å²) in [5, 5.41) is 2.73. The average Bonchev–Trinajstić information content (AvgIpc) is 1.87. The van der Waals surface area contributed by atoms with Crippen LogP contribution in [0.4, 0.5) is 0 Å². The first-order valence-corrected chi connectivity index (χ1v) is 4.26. The molecule has 0 saturated heterocycles. The first-order valence-electron chi connectivity index (χ1n) is 4.26. The number of rotatable bonds is 5. The summed E-state index contributed by atoms with van der Waals surface area (Å²) in [5.74, 6) is 1.88. The fourth-order valence-corrected chi connectivity index (χ4v) is 1.43. The summed E-state index contributed by atoms with van der Waals surface area (Å²) in [6.07, 6.45) is 0.776. The van der Waals surface area contributed by atoms with E-state index >= 15 is 0 Å². The zero-order valence-corrected chi connectivity index (χ0v) is 7.92. The molecule has 0 aromatic carbocycles. The van der Waals surface area contributed by atoms with Crippen LogP contribution in [0.3, 0.4) is 0 Å². The van der Waals surface area contributed by atoms with Gasteiger partial charge in [-0.15, -0.1) is 0 Å². The summed E-state index contributed by atoms with van der Waals surface area (Å²) in [7, 11) is 0. The van der Waals surface area contributed by atoms with Crippen LogP contribution in [0, 0.1) is 17.8 Å². The number of amides is 1. The van der Waals surface area contributed by atoms with Gasteiger partial charge < -0.3 is 5.32 Å². The normalized spacial score (nSPS) is 11.2. The van der Waals surface area contributed by atoms with Gasteiger partial charge in [0.2, 0.25) is 6.41 Å². The second-order valence-corrected chi connectivity index (χ2v) is 3.68. The second kappa shape index (κ2) is 5.16. The van der Waals surface area contributed by atoms with Crippen molar-refractivity contribution in [2.75, 3.05) is 6.54 Å². The molecule has 0 unspecified atom stereocenters. The Morgan fingerprint density at radius 3 is 1.91 bits per heavy atom. The largest absolute Gasteiger partial charge is 0.358 e. The Morgan fingerprint density at radius 1 is 1.18 bits per heavy atom. The van der Waals surface area contributed by atoms with Crippen LogP contribution in [-0.4, -0.2) is 13.0 Å². The molecule has 2 nitrogen and oxygen atoms in total. The molecule has 0 aliphatic carbocycles. The number of hydrogen-bond acceptors (Lipinski definition) is 1. The van der Waals surface area contributed by atoms with Gasteiger partial charge in [0.25, 0.3) is 0 Å². The lowest BCUT2D eigenvalue weighted by atomic mass is 9.86. The van der Waals surface area contributed by atoms with Gasteiger partial charge in [0.15, 0.2) is 0 Å². The third-order valence-corrected chi connectivity index (χ3v) is 2.15. The lowest BCUT2D eigenvalue weighted by Crippen LogP contribution is -2.28. The molecule has 0 bridgehead atoms. The summed E-state index contributed by atoms with van der Waals surface area (Å²) < 4.78 is 0. The maximum absolute atomic E-state index is 10.0. The van der Waals surface area contributed by atoms with E-state index in [1.807, 2.05) is 0 Å². The predicted octanol–water partition coefficient (Wildman–Crippen LogP) is 1.66. The first kappa shape index (κ1) is 10.5. The minimum Gasteiger partial charge on any atom is -0.358 e. The summed E-state index contributed by atoms with van der Waals surface area (Å²) in [6.45, 7) is 9.57. The van der Waals surface area contributed by atoms with Gasteiger partial charge in [-0.05, 0) is 17.8 Å². The van der Waals surface area contributed by atoms with E-state index in [1.54, 1.807) is 0 Å². The highest BCUT2D eigenvalue weighted by molar-refractivity contribution is 5.45. The Labute approximate surface area is 69.4 Å². The average molecular weight is 157 g/mol. The van der Waals surface area contributed by atoms with E-state index < -0.39 is 0 Å². The maximum atomic E-state index is 10.0. The van der Waals surface area contributed by atoms with Gasteiger partial charge in [0, 0.05) is 6.54 Å². The van der Waals surface area contributed by atoms with Crippen molar-refractivity contribution in [1.82, 2.24) is 5.32 Å². The van der Waals surface area contributed by atoms with Crippen LogP contribution in [0.1, 0.15) is 27.7 Å². The van der Waals surface area contributed by atoms with Crippen LogP contribution < -0.4 is 5.32 Å². The molecule has 0 aliphatic heterocycles. The monoisotopic (exact) mass is 157 g/mol. The van der Waals surface area contributed by atoms with Gasteiger partial charge >= 0.3 is 0 Å². The van der Waals surface area contributed by atoms with Gasteiger partial charge in [0.1, 0.15) is 0 Å². The van der Waals surface area contributed by atoms with Crippen molar-refractivity contribution in [2.24, 2.45) is 17.8 Å². The molecule has 2 heteroatoms. The minimum atomic E-state index is 0.597. The van der Waals surface area contributed by atoms with Gasteiger partial charge in [-0.25, -0.2) is 0 Å². The van der Waals surface area contributed by atoms with Crippen molar-refractivity contribution >= 4 is 6.41 Å². The molecule has 0 fully saturated rings. The van der Waals surface area contributed by atoms with Gasteiger partial charge in [-0.3, -0.25) is 4.79 Å². The lowest BCUT2D eigenvalue weighted by molar-refractivity contribution is -0.109. The Morgan fingerprint density at radius 2 is 1.64 bits per heavy atom. The van der Waals surface area contributed by atoms with Crippen molar-refractivity contribution < 1.29 is 4.79 Å². The third kappa shape index (κ3) is 4.02. The number of nitrogens with one attached hydrogen (secondary N) is 1. The highest BCUT2D eigenvalue weighted by atomic mass is 16.1. The first-order chi connectivity index (χ1) is 5.09. The van der Waals surface area contributed by atoms with Crippen molar-refractivity contribution in [2.45, 2.75) is 27.7 Å². The molecule has 0 aliphatic rings. The van der Waals surface area contributed by atoms with Gasteiger partial charge in [-0.2, -0.15) is 0 Å². The summed E-state index contributed by atoms with van der Waals surface area (Å²) in [4.78, 5) is 10.0. The van der Waals surface area contributed by atoms with Crippen LogP contribution in [0.25, 0.3) is 0 Å². The zero-order valence-electron chi connectivity index (χ0n) is 7.92. The molecular formula is C9H19NO. The molecule has 0 atom stereocenters. The molecule has 1 amide bonds. The van der Waals surface area contributed by atoms with Crippen LogP contribution in [0.15, 0.2) is 0 Å². The molecule has 0 heterocycles. The molecule has 0 saturated carbocycles. The van der Waals surface area contributed by atoms with Gasteiger partial charge in [-0.1, -0.05) is 27.7 Å². The molecule has 11 heavy (non-hydrogen) atoms. The zero-order chi connectivity index (χ0) is 8.85. The van der Waals surface area contributed by atoms with Crippen LogP contribution >= 0.6 is 0 Å². The van der Waals surface area contributed by atoms with Crippen LogP contribution in [0.5, 0.6) is 0 Å². The topological polar surface area (TPSA) is 29.1 Å². The summed E-state index contributed by atoms with van der Waals surface area (Å²) in [5.41, 5.74) is 0. The van der Waals surface area contributed by atoms with E-state index in [0.717, 1.165) is 13.0 Å². The summed E-state index contributed by atoms with van der Waals surface area (Å²) >= 11 is 0. The SMILES string of the molecule is CC(C)C(CNC=O)C(C)C. The number of carbonyl (C=O) groups excluding carboxylic acids is 1. The standard InChI is InChI=1S/C9H19NO/c1-7(2)9(8(3)4)5-10-6-11/h6-9H,5H2,1-4H3,(H,10,11). The lowest BCUT2D eigenvalue weighted by Gasteiger charge is -2.23. The van der Waals surface area contributed by atoms with Crippen molar-refractivity contribution in [3.63, 3.8) is 0 Å². The summed E-state index contributed by atoms with van der Waals surface area (Å²) in [6, 6.07) is 0. The molecule has 0 spiro atoms. The molecule has 0 aromatic rings. The fourth-order valence-electron chi connectivity index (χ4n) is 1.43. The molecule has 0 rings (SSSR count). The minimum absolute atomic E-state index is 0.597. The quantitative estimate of drug-likeness (QED) is 0.604. The Bertz CT molecular complexity index is 102. The maximum Gasteiger partial charge on any atom is 0.207 e.